The zero-order valence-electron chi connectivity index (χ0n) is 38.0. The molecule has 0 bridgehead atoms. The SMILES string of the molecule is CC(=O)OC(=O)CCCC(=O)ON[C@H](CC(C(=O)O)C(=O)O)C(=O)N[C@H](C(=O)N[C@@H](CCC(=O)O)C(=O)N[C@@H](CC1CCCCC1)C(=O)N[C@@H](CS)C(=O)C(=O)O)C(c1ccccc1)c1ccccc1. The van der Waals surface area contributed by atoms with Gasteiger partial charge < -0.3 is 51.3 Å². The Hall–Kier alpha value is -7.21. The summed E-state index contributed by atoms with van der Waals surface area (Å²) in [5.74, 6) is -19.8. The fourth-order valence-corrected chi connectivity index (χ4v) is 7.91. The van der Waals surface area contributed by atoms with Crippen molar-refractivity contribution in [2.75, 3.05) is 5.75 Å². The zero-order chi connectivity index (χ0) is 51.9. The molecular formula is C46H57N5O18S. The van der Waals surface area contributed by atoms with E-state index in [1.54, 1.807) is 60.7 Å². The van der Waals surface area contributed by atoms with E-state index < -0.39 is 151 Å². The molecule has 0 heterocycles. The molecule has 23 nitrogen and oxygen atoms in total. The van der Waals surface area contributed by atoms with Crippen molar-refractivity contribution in [2.24, 2.45) is 11.8 Å². The summed E-state index contributed by atoms with van der Waals surface area (Å²) in [6.07, 6.45) is 0.382. The highest BCUT2D eigenvalue weighted by molar-refractivity contribution is 7.80. The third-order valence-corrected chi connectivity index (χ3v) is 11.5. The van der Waals surface area contributed by atoms with Crippen molar-refractivity contribution >= 4 is 83.8 Å². The topological polar surface area (TPSA) is 364 Å². The molecule has 0 radical (unpaired) electrons. The molecule has 1 aliphatic carbocycles. The lowest BCUT2D eigenvalue weighted by molar-refractivity contribution is -0.159. The molecule has 0 unspecified atom stereocenters. The van der Waals surface area contributed by atoms with Crippen molar-refractivity contribution in [2.45, 2.75) is 120 Å². The van der Waals surface area contributed by atoms with Gasteiger partial charge in [0.15, 0.2) is 5.92 Å². The van der Waals surface area contributed by atoms with Gasteiger partial charge in [0.05, 0.1) is 0 Å². The van der Waals surface area contributed by atoms with Crippen molar-refractivity contribution in [3.63, 3.8) is 0 Å². The first-order valence-electron chi connectivity index (χ1n) is 22.2. The number of hydroxylamine groups is 1. The van der Waals surface area contributed by atoms with Gasteiger partial charge in [0.1, 0.15) is 30.2 Å². The van der Waals surface area contributed by atoms with Crippen LogP contribution in [0.4, 0.5) is 0 Å². The first kappa shape index (κ1) is 57.1. The molecule has 1 fully saturated rings. The average molecular weight is 1000 g/mol. The van der Waals surface area contributed by atoms with Crippen molar-refractivity contribution in [1.82, 2.24) is 26.7 Å². The Balaban J connectivity index is 2.09. The number of carboxylic acids is 4. The number of carbonyl (C=O) groups excluding carboxylic acids is 8. The number of hydrogen-bond donors (Lipinski definition) is 10. The number of carboxylic acid groups (broad SMARTS) is 4. The second-order valence-corrected chi connectivity index (χ2v) is 16.8. The molecule has 1 saturated carbocycles. The fourth-order valence-electron chi connectivity index (χ4n) is 7.65. The van der Waals surface area contributed by atoms with Crippen LogP contribution in [0, 0.1) is 11.8 Å². The van der Waals surface area contributed by atoms with E-state index in [9.17, 15) is 78.0 Å². The summed E-state index contributed by atoms with van der Waals surface area (Å²) >= 11 is 4.00. The lowest BCUT2D eigenvalue weighted by Crippen LogP contribution is -2.60. The highest BCUT2D eigenvalue weighted by Crippen LogP contribution is 2.30. The number of carbonyl (C=O) groups is 12. The van der Waals surface area contributed by atoms with Gasteiger partial charge in [-0.1, -0.05) is 92.8 Å². The van der Waals surface area contributed by atoms with E-state index in [0.717, 1.165) is 26.2 Å². The van der Waals surface area contributed by atoms with Gasteiger partial charge in [0.25, 0.3) is 5.78 Å². The monoisotopic (exact) mass is 999 g/mol. The molecule has 5 atom stereocenters. The predicted molar refractivity (Wildman–Crippen MR) is 244 cm³/mol. The predicted octanol–water partition coefficient (Wildman–Crippen LogP) is 1.03. The number of ketones is 1. The first-order chi connectivity index (χ1) is 33.2. The number of Topliss-reactive ketones (excluding diaryl/α,β-unsaturated/α-hetero) is 1. The quantitative estimate of drug-likeness (QED) is 0.0179. The van der Waals surface area contributed by atoms with Crippen LogP contribution in [-0.4, -0.2) is 128 Å². The fraction of sp³-hybridized carbons (Fsp3) is 0.478. The van der Waals surface area contributed by atoms with Crippen LogP contribution in [0.15, 0.2) is 60.7 Å². The van der Waals surface area contributed by atoms with Crippen molar-refractivity contribution in [3.05, 3.63) is 71.8 Å². The number of amides is 4. The minimum atomic E-state index is -2.29. The van der Waals surface area contributed by atoms with Crippen LogP contribution in [0.5, 0.6) is 0 Å². The molecule has 70 heavy (non-hydrogen) atoms. The number of ether oxygens (including phenoxy) is 1. The zero-order valence-corrected chi connectivity index (χ0v) is 38.9. The van der Waals surface area contributed by atoms with Gasteiger partial charge in [0, 0.05) is 37.9 Å². The van der Waals surface area contributed by atoms with Gasteiger partial charge in [-0.15, -0.1) is 5.48 Å². The molecule has 1 aliphatic rings. The molecule has 380 valence electrons. The number of benzene rings is 2. The highest BCUT2D eigenvalue weighted by atomic mass is 32.1. The number of rotatable bonds is 29. The average Bonchev–Trinajstić information content (AvgIpc) is 3.31. The molecule has 0 aliphatic heterocycles. The largest absolute Gasteiger partial charge is 0.481 e. The van der Waals surface area contributed by atoms with E-state index in [1.807, 2.05) is 0 Å². The molecule has 4 amide bonds. The Labute approximate surface area is 406 Å². The van der Waals surface area contributed by atoms with Gasteiger partial charge >= 0.3 is 41.8 Å². The van der Waals surface area contributed by atoms with E-state index in [1.165, 1.54) is 0 Å². The Morgan fingerprint density at radius 1 is 0.629 bits per heavy atom. The molecule has 24 heteroatoms. The van der Waals surface area contributed by atoms with E-state index in [-0.39, 0.29) is 18.8 Å². The Kier molecular flexibility index (Phi) is 23.6. The third-order valence-electron chi connectivity index (χ3n) is 11.2. The molecule has 0 saturated heterocycles. The number of thiol groups is 1. The molecular weight excluding hydrogens is 943 g/mol. The van der Waals surface area contributed by atoms with Crippen LogP contribution in [0.2, 0.25) is 0 Å². The molecule has 2 aromatic rings. The number of hydrogen-bond acceptors (Lipinski definition) is 16. The number of esters is 2. The van der Waals surface area contributed by atoms with Gasteiger partial charge in [0.2, 0.25) is 23.6 Å². The Morgan fingerprint density at radius 2 is 1.14 bits per heavy atom. The Bertz CT molecular complexity index is 2150. The first-order valence-corrected chi connectivity index (χ1v) is 22.9. The smallest absolute Gasteiger partial charge is 0.374 e. The van der Waals surface area contributed by atoms with Crippen molar-refractivity contribution < 1.29 is 87.5 Å². The van der Waals surface area contributed by atoms with E-state index in [4.69, 9.17) is 4.84 Å². The second kappa shape index (κ2) is 29.0. The van der Waals surface area contributed by atoms with Gasteiger partial charge in [-0.2, -0.15) is 12.6 Å². The summed E-state index contributed by atoms with van der Waals surface area (Å²) in [4.78, 5) is 158. The normalized spacial score (nSPS) is 14.6. The molecule has 0 aromatic heterocycles. The summed E-state index contributed by atoms with van der Waals surface area (Å²) in [6.45, 7) is 0.990. The standard InChI is InChI=1S/C46H57N5O18S/c1-25(52)68-35(55)18-11-19-36(56)69-51-32(23-29(44(62)63)45(64)65)42(60)50-38(37(27-14-7-3-8-15-27)28-16-9-4-10-17-28)43(61)47-30(20-21-34(53)54)40(58)48-31(22-26-12-5-2-6-13-26)41(59)49-33(24-70)39(57)46(66)67/h3-4,7-10,14-17,26,29-33,37-38,51,70H,2,5-6,11-13,18-24H2,1H3,(H,47,61)(H,48,58)(H,49,59)(H,50,60)(H,53,54)(H,62,63)(H,64,65)(H,66,67)/t30-,31-,32+,33-,38-/m0/s1. The van der Waals surface area contributed by atoms with Crippen LogP contribution >= 0.6 is 12.6 Å². The maximum Gasteiger partial charge on any atom is 0.374 e. The second-order valence-electron chi connectivity index (χ2n) is 16.4. The summed E-state index contributed by atoms with van der Waals surface area (Å²) in [5, 5.41) is 48.3. The summed E-state index contributed by atoms with van der Waals surface area (Å²) in [7, 11) is 0. The van der Waals surface area contributed by atoms with Crippen LogP contribution in [0.1, 0.15) is 101 Å². The molecule has 0 spiro atoms. The van der Waals surface area contributed by atoms with Gasteiger partial charge in [-0.05, 0) is 42.7 Å². The summed E-state index contributed by atoms with van der Waals surface area (Å²) in [5.41, 5.74) is 2.83. The third kappa shape index (κ3) is 19.1. The minimum Gasteiger partial charge on any atom is -0.481 e. The maximum atomic E-state index is 14.9. The van der Waals surface area contributed by atoms with Crippen LogP contribution in [0.25, 0.3) is 0 Å². The van der Waals surface area contributed by atoms with Crippen LogP contribution < -0.4 is 26.7 Å². The lowest BCUT2D eigenvalue weighted by Gasteiger charge is -2.32. The van der Waals surface area contributed by atoms with Crippen molar-refractivity contribution in [3.8, 4) is 0 Å². The molecule has 3 rings (SSSR count). The van der Waals surface area contributed by atoms with Gasteiger partial charge in [-0.25, -0.2) is 4.79 Å². The minimum absolute atomic E-state index is 0.0134. The number of aliphatic carboxylic acids is 4. The lowest BCUT2D eigenvalue weighted by atomic mass is 9.84. The highest BCUT2D eigenvalue weighted by Gasteiger charge is 2.40. The summed E-state index contributed by atoms with van der Waals surface area (Å²) < 4.78 is 4.40. The molecule has 9 N–H and O–H groups in total. The van der Waals surface area contributed by atoms with E-state index >= 15 is 0 Å². The summed E-state index contributed by atoms with van der Waals surface area (Å²) in [6, 6.07) is 7.49. The van der Waals surface area contributed by atoms with Crippen LogP contribution in [0.3, 0.4) is 0 Å². The van der Waals surface area contributed by atoms with Gasteiger partial charge in [-0.3, -0.25) is 52.7 Å². The van der Waals surface area contributed by atoms with E-state index in [0.29, 0.717) is 24.0 Å². The molecule has 2 aromatic carbocycles. The van der Waals surface area contributed by atoms with Crippen LogP contribution in [-0.2, 0) is 67.1 Å². The maximum absolute atomic E-state index is 14.9. The van der Waals surface area contributed by atoms with E-state index in [2.05, 4.69) is 44.1 Å². The van der Waals surface area contributed by atoms with Crippen molar-refractivity contribution in [1.29, 1.82) is 0 Å². The number of nitrogens with one attached hydrogen (secondary N) is 5. The Morgan fingerprint density at radius 3 is 1.66 bits per heavy atom.